The van der Waals surface area contributed by atoms with Crippen LogP contribution in [-0.2, 0) is 22.6 Å². The van der Waals surface area contributed by atoms with Gasteiger partial charge in [-0.3, -0.25) is 14.9 Å². The lowest BCUT2D eigenvalue weighted by atomic mass is 10.0. The number of methoxy groups -OCH3 is 1. The Morgan fingerprint density at radius 3 is 2.37 bits per heavy atom. The standard InChI is InChI=1S/C28H21Cl3N2O5/c1-3-4-18-11-17(14-24(37-2)25(18)38-15-16-5-10-22(30)23(31)13-16)12-21-26(34)32-28(36)33(27(21)35)20-8-6-19(29)7-9-20/h3,5-14H,1,4,15H2,2H3,(H,32,34,36)/b21-12+. The maximum Gasteiger partial charge on any atom is 0.335 e. The molecule has 0 spiro atoms. The monoisotopic (exact) mass is 570 g/mol. The second-order valence-corrected chi connectivity index (χ2v) is 9.43. The number of carbonyl (C=O) groups is 3. The van der Waals surface area contributed by atoms with Crippen LogP contribution < -0.4 is 19.7 Å². The van der Waals surface area contributed by atoms with Crippen molar-refractivity contribution in [3.63, 3.8) is 0 Å². The molecule has 3 aromatic rings. The van der Waals surface area contributed by atoms with Gasteiger partial charge in [0.05, 0.1) is 22.8 Å². The third kappa shape index (κ3) is 5.86. The minimum atomic E-state index is -0.851. The molecule has 10 heteroatoms. The molecule has 194 valence electrons. The zero-order chi connectivity index (χ0) is 27.4. The van der Waals surface area contributed by atoms with Gasteiger partial charge in [0, 0.05) is 10.6 Å². The zero-order valence-electron chi connectivity index (χ0n) is 20.1. The van der Waals surface area contributed by atoms with Crippen LogP contribution in [0.1, 0.15) is 16.7 Å². The average Bonchev–Trinajstić information content (AvgIpc) is 2.88. The Labute approximate surface area is 234 Å². The minimum absolute atomic E-state index is 0.191. The first-order chi connectivity index (χ1) is 18.2. The van der Waals surface area contributed by atoms with Crippen LogP contribution in [0.25, 0.3) is 6.08 Å². The lowest BCUT2D eigenvalue weighted by Crippen LogP contribution is -2.54. The van der Waals surface area contributed by atoms with E-state index in [9.17, 15) is 14.4 Å². The fraction of sp³-hybridized carbons (Fsp3) is 0.107. The molecular formula is C28H21Cl3N2O5. The highest BCUT2D eigenvalue weighted by Crippen LogP contribution is 2.36. The third-order valence-corrected chi connectivity index (χ3v) is 6.59. The molecule has 1 aliphatic heterocycles. The fourth-order valence-electron chi connectivity index (χ4n) is 3.82. The molecule has 0 unspecified atom stereocenters. The normalized spacial score (nSPS) is 14.5. The summed E-state index contributed by atoms with van der Waals surface area (Å²) in [6, 6.07) is 13.8. The molecular weight excluding hydrogens is 551 g/mol. The SMILES string of the molecule is C=CCc1cc(/C=C2\C(=O)NC(=O)N(c3ccc(Cl)cc3)C2=O)cc(OC)c1OCc1ccc(Cl)c(Cl)c1. The first kappa shape index (κ1) is 27.3. The van der Waals surface area contributed by atoms with Crippen LogP contribution in [0.5, 0.6) is 11.5 Å². The van der Waals surface area contributed by atoms with E-state index >= 15 is 0 Å². The van der Waals surface area contributed by atoms with Gasteiger partial charge in [-0.25, -0.2) is 9.69 Å². The van der Waals surface area contributed by atoms with Crippen molar-refractivity contribution in [2.24, 2.45) is 0 Å². The van der Waals surface area contributed by atoms with Crippen LogP contribution in [0.4, 0.5) is 10.5 Å². The van der Waals surface area contributed by atoms with Crippen LogP contribution in [0.2, 0.25) is 15.1 Å². The number of hydrogen-bond donors (Lipinski definition) is 1. The summed E-state index contributed by atoms with van der Waals surface area (Å²) in [7, 11) is 1.48. The second-order valence-electron chi connectivity index (χ2n) is 8.18. The number of rotatable bonds is 8. The number of urea groups is 1. The molecule has 3 aromatic carbocycles. The number of barbiturate groups is 1. The van der Waals surface area contributed by atoms with Gasteiger partial charge in [0.15, 0.2) is 11.5 Å². The maximum atomic E-state index is 13.2. The summed E-state index contributed by atoms with van der Waals surface area (Å²) < 4.78 is 11.6. The molecule has 38 heavy (non-hydrogen) atoms. The van der Waals surface area contributed by atoms with E-state index in [2.05, 4.69) is 11.9 Å². The Morgan fingerprint density at radius 1 is 0.974 bits per heavy atom. The van der Waals surface area contributed by atoms with Crippen molar-refractivity contribution in [3.8, 4) is 11.5 Å². The van der Waals surface area contributed by atoms with Crippen molar-refractivity contribution in [2.45, 2.75) is 13.0 Å². The molecule has 1 aliphatic rings. The molecule has 0 aliphatic carbocycles. The number of ether oxygens (including phenoxy) is 2. The minimum Gasteiger partial charge on any atom is -0.493 e. The van der Waals surface area contributed by atoms with E-state index in [-0.39, 0.29) is 17.9 Å². The van der Waals surface area contributed by atoms with Crippen LogP contribution in [-0.4, -0.2) is 25.0 Å². The van der Waals surface area contributed by atoms with Gasteiger partial charge in [-0.1, -0.05) is 46.9 Å². The van der Waals surface area contributed by atoms with E-state index in [1.54, 1.807) is 48.5 Å². The van der Waals surface area contributed by atoms with Crippen molar-refractivity contribution >= 4 is 64.4 Å². The van der Waals surface area contributed by atoms with Crippen molar-refractivity contribution in [3.05, 3.63) is 105 Å². The number of imide groups is 2. The van der Waals surface area contributed by atoms with E-state index in [0.29, 0.717) is 44.1 Å². The number of nitrogens with one attached hydrogen (secondary N) is 1. The lowest BCUT2D eigenvalue weighted by molar-refractivity contribution is -0.122. The van der Waals surface area contributed by atoms with Gasteiger partial charge < -0.3 is 9.47 Å². The number of nitrogens with zero attached hydrogens (tertiary/aromatic N) is 1. The molecule has 0 aromatic heterocycles. The number of amides is 4. The van der Waals surface area contributed by atoms with E-state index in [4.69, 9.17) is 44.3 Å². The van der Waals surface area contributed by atoms with E-state index in [0.717, 1.165) is 10.5 Å². The van der Waals surface area contributed by atoms with Crippen LogP contribution in [0.15, 0.2) is 72.8 Å². The van der Waals surface area contributed by atoms with Gasteiger partial charge in [0.25, 0.3) is 11.8 Å². The van der Waals surface area contributed by atoms with Crippen molar-refractivity contribution in [2.75, 3.05) is 12.0 Å². The van der Waals surface area contributed by atoms with Crippen molar-refractivity contribution < 1.29 is 23.9 Å². The molecule has 4 amide bonds. The Morgan fingerprint density at radius 2 is 1.71 bits per heavy atom. The molecule has 1 heterocycles. The quantitative estimate of drug-likeness (QED) is 0.186. The molecule has 0 radical (unpaired) electrons. The lowest BCUT2D eigenvalue weighted by Gasteiger charge is -2.26. The van der Waals surface area contributed by atoms with Gasteiger partial charge in [-0.15, -0.1) is 6.58 Å². The topological polar surface area (TPSA) is 84.9 Å². The summed E-state index contributed by atoms with van der Waals surface area (Å²) in [5.41, 5.74) is 2.04. The highest BCUT2D eigenvalue weighted by Gasteiger charge is 2.36. The highest BCUT2D eigenvalue weighted by atomic mass is 35.5. The Kier molecular flexibility index (Phi) is 8.42. The van der Waals surface area contributed by atoms with Gasteiger partial charge in [-0.2, -0.15) is 0 Å². The number of hydrogen-bond acceptors (Lipinski definition) is 5. The Bertz CT molecular complexity index is 1470. The molecule has 1 saturated heterocycles. The molecule has 0 atom stereocenters. The molecule has 7 nitrogen and oxygen atoms in total. The smallest absolute Gasteiger partial charge is 0.335 e. The summed E-state index contributed by atoms with van der Waals surface area (Å²) >= 11 is 18.0. The molecule has 0 saturated carbocycles. The summed E-state index contributed by atoms with van der Waals surface area (Å²) in [6.07, 6.45) is 3.50. The van der Waals surface area contributed by atoms with Gasteiger partial charge in [0.1, 0.15) is 12.2 Å². The first-order valence-electron chi connectivity index (χ1n) is 11.3. The van der Waals surface area contributed by atoms with Gasteiger partial charge in [0.2, 0.25) is 0 Å². The van der Waals surface area contributed by atoms with Crippen molar-refractivity contribution in [1.29, 1.82) is 0 Å². The Hall–Kier alpha value is -3.78. The average molecular weight is 572 g/mol. The van der Waals surface area contributed by atoms with Gasteiger partial charge >= 0.3 is 6.03 Å². The molecule has 1 fully saturated rings. The van der Waals surface area contributed by atoms with E-state index in [1.165, 1.54) is 25.3 Å². The Balaban J connectivity index is 1.69. The summed E-state index contributed by atoms with van der Waals surface area (Å²) in [5, 5.41) is 3.49. The summed E-state index contributed by atoms with van der Waals surface area (Å²) in [4.78, 5) is 39.2. The van der Waals surface area contributed by atoms with Crippen molar-refractivity contribution in [1.82, 2.24) is 5.32 Å². The summed E-state index contributed by atoms with van der Waals surface area (Å²) in [6.45, 7) is 4.00. The predicted octanol–water partition coefficient (Wildman–Crippen LogP) is 6.63. The van der Waals surface area contributed by atoms with Crippen LogP contribution >= 0.6 is 34.8 Å². The second kappa shape index (κ2) is 11.7. The largest absolute Gasteiger partial charge is 0.493 e. The summed E-state index contributed by atoms with van der Waals surface area (Å²) in [5.74, 6) is -0.733. The number of anilines is 1. The number of benzene rings is 3. The number of carbonyl (C=O) groups excluding carboxylic acids is 3. The predicted molar refractivity (Wildman–Crippen MR) is 148 cm³/mol. The van der Waals surface area contributed by atoms with Crippen LogP contribution in [0, 0.1) is 0 Å². The molecule has 0 bridgehead atoms. The van der Waals surface area contributed by atoms with Crippen LogP contribution in [0.3, 0.4) is 0 Å². The number of allylic oxidation sites excluding steroid dienone is 1. The first-order valence-corrected chi connectivity index (χ1v) is 12.4. The molecule has 4 rings (SSSR count). The number of halogens is 3. The highest BCUT2D eigenvalue weighted by molar-refractivity contribution is 6.42. The fourth-order valence-corrected chi connectivity index (χ4v) is 4.27. The zero-order valence-corrected chi connectivity index (χ0v) is 22.4. The third-order valence-electron chi connectivity index (χ3n) is 5.60. The molecule has 1 N–H and O–H groups in total. The van der Waals surface area contributed by atoms with E-state index in [1.807, 2.05) is 0 Å². The van der Waals surface area contributed by atoms with E-state index < -0.39 is 17.8 Å². The van der Waals surface area contributed by atoms with Gasteiger partial charge in [-0.05, 0) is 72.2 Å². The maximum absolute atomic E-state index is 13.2.